The van der Waals surface area contributed by atoms with Crippen LogP contribution in [-0.2, 0) is 16.0 Å². The summed E-state index contributed by atoms with van der Waals surface area (Å²) in [6, 6.07) is 17.0. The molecule has 2 aromatic carbocycles. The monoisotopic (exact) mass is 454 g/mol. The molecule has 0 unspecified atom stereocenters. The quantitative estimate of drug-likeness (QED) is 0.752. The van der Waals surface area contributed by atoms with Crippen molar-refractivity contribution >= 4 is 29.1 Å². The number of carbonyl (C=O) groups excluding carboxylic acids is 2. The highest BCUT2D eigenvalue weighted by Crippen LogP contribution is 2.40. The average molecular weight is 455 g/mol. The molecule has 0 aromatic heterocycles. The standard InChI is InChI=1S/C25H31ClN4O2/c1-18(2)29-17-30(21-6-4-3-5-7-21)25(24(29)32)12-14-28(15-13-25)23(31)22(27)16-19-8-10-20(26)11-9-19/h3-11,18,22H,12-17,27H2,1-2H3/t22-/m1/s1. The van der Waals surface area contributed by atoms with Crippen LogP contribution < -0.4 is 10.6 Å². The first-order valence-electron chi connectivity index (χ1n) is 11.2. The Kier molecular flexibility index (Phi) is 6.45. The number of amides is 2. The van der Waals surface area contributed by atoms with Gasteiger partial charge in [-0.2, -0.15) is 0 Å². The van der Waals surface area contributed by atoms with E-state index in [9.17, 15) is 9.59 Å². The Morgan fingerprint density at radius 2 is 1.69 bits per heavy atom. The molecule has 2 aromatic rings. The van der Waals surface area contributed by atoms with Crippen LogP contribution >= 0.6 is 11.6 Å². The number of nitrogens with two attached hydrogens (primary N) is 1. The largest absolute Gasteiger partial charge is 0.341 e. The molecule has 0 saturated carbocycles. The molecule has 0 radical (unpaired) electrons. The molecule has 0 aliphatic carbocycles. The van der Waals surface area contributed by atoms with Crippen LogP contribution in [0.3, 0.4) is 0 Å². The number of nitrogens with zero attached hydrogens (tertiary/aromatic N) is 3. The first-order valence-corrected chi connectivity index (χ1v) is 11.6. The summed E-state index contributed by atoms with van der Waals surface area (Å²) >= 11 is 5.95. The molecule has 1 spiro atoms. The van der Waals surface area contributed by atoms with Crippen molar-refractivity contribution in [2.24, 2.45) is 5.73 Å². The van der Waals surface area contributed by atoms with Crippen LogP contribution in [0.4, 0.5) is 5.69 Å². The van der Waals surface area contributed by atoms with Gasteiger partial charge in [-0.1, -0.05) is 41.9 Å². The molecule has 2 N–H and O–H groups in total. The first-order chi connectivity index (χ1) is 15.3. The third-order valence-electron chi connectivity index (χ3n) is 6.75. The summed E-state index contributed by atoms with van der Waals surface area (Å²) in [4.78, 5) is 32.6. The van der Waals surface area contributed by atoms with Gasteiger partial charge in [0, 0.05) is 29.8 Å². The van der Waals surface area contributed by atoms with Crippen molar-refractivity contribution in [2.75, 3.05) is 24.7 Å². The summed E-state index contributed by atoms with van der Waals surface area (Å²) in [7, 11) is 0. The van der Waals surface area contributed by atoms with Crippen molar-refractivity contribution in [3.63, 3.8) is 0 Å². The van der Waals surface area contributed by atoms with E-state index < -0.39 is 11.6 Å². The van der Waals surface area contributed by atoms with Crippen LogP contribution in [0.5, 0.6) is 0 Å². The maximum atomic E-state index is 13.5. The smallest absolute Gasteiger partial charge is 0.250 e. The fourth-order valence-electron chi connectivity index (χ4n) is 4.85. The SMILES string of the molecule is CC(C)N1CN(c2ccccc2)C2(CCN(C(=O)[C@H](N)Cc3ccc(Cl)cc3)CC2)C1=O. The molecular formula is C25H31ClN4O2. The predicted octanol–water partition coefficient (Wildman–Crippen LogP) is 3.29. The summed E-state index contributed by atoms with van der Waals surface area (Å²) in [5.41, 5.74) is 7.68. The lowest BCUT2D eigenvalue weighted by molar-refractivity contribution is -0.139. The molecule has 2 fully saturated rings. The van der Waals surface area contributed by atoms with Gasteiger partial charge in [0.15, 0.2) is 0 Å². The van der Waals surface area contributed by atoms with E-state index in [0.29, 0.717) is 44.0 Å². The second-order valence-corrected chi connectivity index (χ2v) is 9.50. The zero-order valence-electron chi connectivity index (χ0n) is 18.7. The minimum atomic E-state index is -0.609. The Labute approximate surface area is 194 Å². The van der Waals surface area contributed by atoms with Gasteiger partial charge in [-0.3, -0.25) is 9.59 Å². The predicted molar refractivity (Wildman–Crippen MR) is 127 cm³/mol. The van der Waals surface area contributed by atoms with Gasteiger partial charge in [0.1, 0.15) is 5.54 Å². The second kappa shape index (κ2) is 9.12. The van der Waals surface area contributed by atoms with Gasteiger partial charge < -0.3 is 20.4 Å². The van der Waals surface area contributed by atoms with Crippen molar-refractivity contribution in [1.29, 1.82) is 0 Å². The van der Waals surface area contributed by atoms with E-state index in [0.717, 1.165) is 11.3 Å². The topological polar surface area (TPSA) is 69.9 Å². The number of benzene rings is 2. The molecule has 32 heavy (non-hydrogen) atoms. The van der Waals surface area contributed by atoms with Crippen LogP contribution in [0.2, 0.25) is 5.02 Å². The van der Waals surface area contributed by atoms with Gasteiger partial charge in [-0.25, -0.2) is 0 Å². The first kappa shape index (κ1) is 22.6. The van der Waals surface area contributed by atoms with Crippen molar-refractivity contribution < 1.29 is 9.59 Å². The molecule has 2 saturated heterocycles. The Hall–Kier alpha value is -2.57. The number of piperidine rings is 1. The van der Waals surface area contributed by atoms with Crippen LogP contribution in [0.1, 0.15) is 32.3 Å². The van der Waals surface area contributed by atoms with E-state index in [2.05, 4.69) is 30.9 Å². The molecule has 1 atom stereocenters. The summed E-state index contributed by atoms with van der Waals surface area (Å²) < 4.78 is 0. The van der Waals surface area contributed by atoms with E-state index in [4.69, 9.17) is 17.3 Å². The molecule has 170 valence electrons. The zero-order chi connectivity index (χ0) is 22.9. The second-order valence-electron chi connectivity index (χ2n) is 9.07. The van der Waals surface area contributed by atoms with Crippen LogP contribution in [0.25, 0.3) is 0 Å². The number of para-hydroxylation sites is 1. The van der Waals surface area contributed by atoms with Crippen molar-refractivity contribution in [1.82, 2.24) is 9.80 Å². The number of hydrogen-bond acceptors (Lipinski definition) is 4. The number of halogens is 1. The van der Waals surface area contributed by atoms with E-state index in [1.165, 1.54) is 0 Å². The molecular weight excluding hydrogens is 424 g/mol. The molecule has 2 aliphatic rings. The number of likely N-dealkylation sites (tertiary alicyclic amines) is 1. The number of hydrogen-bond donors (Lipinski definition) is 1. The molecule has 7 heteroatoms. The van der Waals surface area contributed by atoms with Crippen LogP contribution in [0.15, 0.2) is 54.6 Å². The van der Waals surface area contributed by atoms with E-state index in [1.54, 1.807) is 0 Å². The van der Waals surface area contributed by atoms with Gasteiger partial charge in [0.25, 0.3) is 0 Å². The number of rotatable bonds is 5. The molecule has 2 amide bonds. The minimum Gasteiger partial charge on any atom is -0.341 e. The van der Waals surface area contributed by atoms with Crippen molar-refractivity contribution in [3.05, 3.63) is 65.2 Å². The maximum Gasteiger partial charge on any atom is 0.250 e. The third-order valence-corrected chi connectivity index (χ3v) is 7.00. The lowest BCUT2D eigenvalue weighted by Crippen LogP contribution is -2.59. The van der Waals surface area contributed by atoms with Gasteiger partial charge in [0.05, 0.1) is 12.7 Å². The Morgan fingerprint density at radius 1 is 1.06 bits per heavy atom. The molecule has 0 bridgehead atoms. The Bertz CT molecular complexity index is 956. The summed E-state index contributed by atoms with van der Waals surface area (Å²) in [6.07, 6.45) is 1.67. The molecule has 2 heterocycles. The minimum absolute atomic E-state index is 0.0628. The van der Waals surface area contributed by atoms with Crippen LogP contribution in [0, 0.1) is 0 Å². The normalized spacial score (nSPS) is 19.2. The van der Waals surface area contributed by atoms with Gasteiger partial charge >= 0.3 is 0 Å². The number of anilines is 1. The Morgan fingerprint density at radius 3 is 2.28 bits per heavy atom. The van der Waals surface area contributed by atoms with Gasteiger partial charge in [0.2, 0.25) is 11.8 Å². The summed E-state index contributed by atoms with van der Waals surface area (Å²) in [5, 5.41) is 0.662. The lowest BCUT2D eigenvalue weighted by Gasteiger charge is -2.43. The fourth-order valence-corrected chi connectivity index (χ4v) is 4.97. The molecule has 4 rings (SSSR count). The highest BCUT2D eigenvalue weighted by molar-refractivity contribution is 6.30. The average Bonchev–Trinajstić information content (AvgIpc) is 3.08. The maximum absolute atomic E-state index is 13.5. The van der Waals surface area contributed by atoms with E-state index in [1.807, 2.05) is 52.3 Å². The lowest BCUT2D eigenvalue weighted by atomic mass is 9.85. The highest BCUT2D eigenvalue weighted by Gasteiger charge is 2.54. The highest BCUT2D eigenvalue weighted by atomic mass is 35.5. The molecule has 2 aliphatic heterocycles. The Balaban J connectivity index is 1.48. The van der Waals surface area contributed by atoms with Crippen molar-refractivity contribution in [3.8, 4) is 0 Å². The van der Waals surface area contributed by atoms with Crippen molar-refractivity contribution in [2.45, 2.75) is 50.7 Å². The van der Waals surface area contributed by atoms with Gasteiger partial charge in [-0.15, -0.1) is 0 Å². The van der Waals surface area contributed by atoms with E-state index >= 15 is 0 Å². The van der Waals surface area contributed by atoms with Gasteiger partial charge in [-0.05, 0) is 62.9 Å². The summed E-state index contributed by atoms with van der Waals surface area (Å²) in [6.45, 7) is 5.72. The summed E-state index contributed by atoms with van der Waals surface area (Å²) in [5.74, 6) is 0.0983. The third kappa shape index (κ3) is 4.21. The fraction of sp³-hybridized carbons (Fsp3) is 0.440. The van der Waals surface area contributed by atoms with Crippen LogP contribution in [-0.4, -0.2) is 59.0 Å². The van der Waals surface area contributed by atoms with E-state index in [-0.39, 0.29) is 17.9 Å². The molecule has 6 nitrogen and oxygen atoms in total. The zero-order valence-corrected chi connectivity index (χ0v) is 19.5. The number of carbonyl (C=O) groups is 2.